The van der Waals surface area contributed by atoms with Crippen LogP contribution in [0.4, 0.5) is 0 Å². The van der Waals surface area contributed by atoms with Crippen LogP contribution in [0.3, 0.4) is 0 Å². The van der Waals surface area contributed by atoms with E-state index in [0.717, 1.165) is 18.4 Å². The van der Waals surface area contributed by atoms with E-state index in [1.54, 1.807) is 12.4 Å². The number of pyridine rings is 1. The average Bonchev–Trinajstić information content (AvgIpc) is 2.70. The van der Waals surface area contributed by atoms with Crippen molar-refractivity contribution in [1.82, 2.24) is 4.98 Å². The van der Waals surface area contributed by atoms with Crippen molar-refractivity contribution in [3.8, 4) is 0 Å². The number of carbonyl (C=O) groups is 1. The molecule has 0 spiro atoms. The van der Waals surface area contributed by atoms with Gasteiger partial charge in [-0.3, -0.25) is 9.78 Å². The zero-order valence-corrected chi connectivity index (χ0v) is 17.3. The molecule has 0 saturated carbocycles. The fraction of sp³-hybridized carbons (Fsp3) is 0.667. The van der Waals surface area contributed by atoms with Crippen molar-refractivity contribution in [1.29, 1.82) is 0 Å². The minimum absolute atomic E-state index is 0.100. The van der Waals surface area contributed by atoms with E-state index in [-0.39, 0.29) is 5.97 Å². The molecular formula is C24H39NO2. The first kappa shape index (κ1) is 23.4. The van der Waals surface area contributed by atoms with Crippen LogP contribution in [-0.4, -0.2) is 11.0 Å². The molecule has 0 unspecified atom stereocenters. The minimum Gasteiger partial charge on any atom is -0.461 e. The summed E-state index contributed by atoms with van der Waals surface area (Å²) < 4.78 is 5.26. The van der Waals surface area contributed by atoms with Gasteiger partial charge in [-0.2, -0.15) is 0 Å². The lowest BCUT2D eigenvalue weighted by Gasteiger charge is -2.04. The second-order valence-electron chi connectivity index (χ2n) is 7.36. The highest BCUT2D eigenvalue weighted by Gasteiger charge is 2.03. The molecule has 0 aliphatic heterocycles. The molecular weight excluding hydrogens is 334 g/mol. The van der Waals surface area contributed by atoms with Crippen molar-refractivity contribution in [2.45, 2.75) is 103 Å². The van der Waals surface area contributed by atoms with Gasteiger partial charge < -0.3 is 4.74 Å². The SMILES string of the molecule is CCCCCCCCC=CCCCCCCCC(=O)OCc1cccnc1. The fourth-order valence-electron chi connectivity index (χ4n) is 3.06. The monoisotopic (exact) mass is 373 g/mol. The van der Waals surface area contributed by atoms with Crippen molar-refractivity contribution in [2.75, 3.05) is 0 Å². The standard InChI is InChI=1S/C24H39NO2/c1-2-3-4-5-6-7-8-9-10-11-12-13-14-15-16-19-24(26)27-22-23-18-17-20-25-21-23/h9-10,17-18,20-21H,2-8,11-16,19,22H2,1H3. The maximum absolute atomic E-state index is 11.7. The van der Waals surface area contributed by atoms with Crippen molar-refractivity contribution < 1.29 is 9.53 Å². The smallest absolute Gasteiger partial charge is 0.306 e. The van der Waals surface area contributed by atoms with Crippen LogP contribution >= 0.6 is 0 Å². The largest absolute Gasteiger partial charge is 0.461 e. The molecule has 3 heteroatoms. The summed E-state index contributed by atoms with van der Waals surface area (Å²) in [6.07, 6.45) is 25.2. The van der Waals surface area contributed by atoms with E-state index >= 15 is 0 Å². The highest BCUT2D eigenvalue weighted by Crippen LogP contribution is 2.10. The van der Waals surface area contributed by atoms with Gasteiger partial charge in [-0.05, 0) is 38.2 Å². The molecule has 0 aliphatic rings. The molecule has 0 saturated heterocycles. The number of ether oxygens (including phenoxy) is 1. The van der Waals surface area contributed by atoms with Gasteiger partial charge in [0.1, 0.15) is 6.61 Å². The topological polar surface area (TPSA) is 39.2 Å². The number of hydrogen-bond acceptors (Lipinski definition) is 3. The molecule has 0 fully saturated rings. The van der Waals surface area contributed by atoms with Crippen molar-refractivity contribution >= 4 is 5.97 Å². The van der Waals surface area contributed by atoms with Crippen molar-refractivity contribution in [3.05, 3.63) is 42.2 Å². The Kier molecular flexibility index (Phi) is 15.4. The Labute approximate surface area is 166 Å². The van der Waals surface area contributed by atoms with Crippen LogP contribution in [0.2, 0.25) is 0 Å². The Balaban J connectivity index is 1.82. The lowest BCUT2D eigenvalue weighted by atomic mass is 10.1. The van der Waals surface area contributed by atoms with E-state index < -0.39 is 0 Å². The van der Waals surface area contributed by atoms with Gasteiger partial charge in [0.05, 0.1) is 0 Å². The van der Waals surface area contributed by atoms with E-state index in [1.807, 2.05) is 12.1 Å². The number of carbonyl (C=O) groups excluding carboxylic acids is 1. The van der Waals surface area contributed by atoms with Crippen LogP contribution in [0.25, 0.3) is 0 Å². The summed E-state index contributed by atoms with van der Waals surface area (Å²) in [5.74, 6) is -0.100. The Morgan fingerprint density at radius 3 is 2.19 bits per heavy atom. The summed E-state index contributed by atoms with van der Waals surface area (Å²) in [6, 6.07) is 3.77. The third kappa shape index (κ3) is 15.1. The maximum atomic E-state index is 11.7. The Morgan fingerprint density at radius 1 is 0.926 bits per heavy atom. The first-order valence-electron chi connectivity index (χ1n) is 11.0. The number of hydrogen-bond donors (Lipinski definition) is 0. The summed E-state index contributed by atoms with van der Waals surface area (Å²) in [5, 5.41) is 0. The van der Waals surface area contributed by atoms with Crippen LogP contribution < -0.4 is 0 Å². The second-order valence-corrected chi connectivity index (χ2v) is 7.36. The number of esters is 1. The lowest BCUT2D eigenvalue weighted by Crippen LogP contribution is -2.04. The number of unbranched alkanes of at least 4 members (excludes halogenated alkanes) is 11. The number of allylic oxidation sites excluding steroid dienone is 2. The molecule has 0 aromatic carbocycles. The highest BCUT2D eigenvalue weighted by molar-refractivity contribution is 5.69. The second kappa shape index (κ2) is 17.8. The molecule has 27 heavy (non-hydrogen) atoms. The molecule has 1 aromatic rings. The predicted octanol–water partition coefficient (Wildman–Crippen LogP) is 7.16. The van der Waals surface area contributed by atoms with Gasteiger partial charge in [0.25, 0.3) is 0 Å². The van der Waals surface area contributed by atoms with E-state index in [0.29, 0.717) is 13.0 Å². The third-order valence-electron chi connectivity index (χ3n) is 4.77. The summed E-state index contributed by atoms with van der Waals surface area (Å²) in [6.45, 7) is 2.60. The zero-order chi connectivity index (χ0) is 19.4. The van der Waals surface area contributed by atoms with Crippen LogP contribution in [0.1, 0.15) is 102 Å². The fourth-order valence-corrected chi connectivity index (χ4v) is 3.06. The van der Waals surface area contributed by atoms with Crippen molar-refractivity contribution in [2.24, 2.45) is 0 Å². The van der Waals surface area contributed by atoms with E-state index in [1.165, 1.54) is 70.6 Å². The summed E-state index contributed by atoms with van der Waals surface area (Å²) >= 11 is 0. The molecule has 0 amide bonds. The van der Waals surface area contributed by atoms with Crippen LogP contribution in [0.15, 0.2) is 36.7 Å². The van der Waals surface area contributed by atoms with Crippen LogP contribution in [0, 0.1) is 0 Å². The van der Waals surface area contributed by atoms with Crippen LogP contribution in [-0.2, 0) is 16.1 Å². The van der Waals surface area contributed by atoms with Gasteiger partial charge in [0, 0.05) is 24.4 Å². The summed E-state index contributed by atoms with van der Waals surface area (Å²) in [5.41, 5.74) is 0.940. The quantitative estimate of drug-likeness (QED) is 0.165. The first-order valence-corrected chi connectivity index (χ1v) is 11.0. The van der Waals surface area contributed by atoms with Crippen molar-refractivity contribution in [3.63, 3.8) is 0 Å². The number of rotatable bonds is 17. The molecule has 152 valence electrons. The molecule has 1 aromatic heterocycles. The van der Waals surface area contributed by atoms with Gasteiger partial charge in [-0.1, -0.05) is 76.5 Å². The summed E-state index contributed by atoms with van der Waals surface area (Å²) in [7, 11) is 0. The molecule has 3 nitrogen and oxygen atoms in total. The van der Waals surface area contributed by atoms with Crippen LogP contribution in [0.5, 0.6) is 0 Å². The van der Waals surface area contributed by atoms with Gasteiger partial charge in [-0.25, -0.2) is 0 Å². The molecule has 1 rings (SSSR count). The molecule has 0 bridgehead atoms. The van der Waals surface area contributed by atoms with E-state index in [4.69, 9.17) is 4.74 Å². The zero-order valence-electron chi connectivity index (χ0n) is 17.3. The molecule has 0 aliphatic carbocycles. The molecule has 0 N–H and O–H groups in total. The number of nitrogens with zero attached hydrogens (tertiary/aromatic N) is 1. The van der Waals surface area contributed by atoms with Gasteiger partial charge in [-0.15, -0.1) is 0 Å². The maximum Gasteiger partial charge on any atom is 0.306 e. The normalized spacial score (nSPS) is 11.1. The Bertz CT molecular complexity index is 484. The molecule has 1 heterocycles. The molecule has 0 radical (unpaired) electrons. The van der Waals surface area contributed by atoms with E-state index in [2.05, 4.69) is 24.1 Å². The van der Waals surface area contributed by atoms with E-state index in [9.17, 15) is 4.79 Å². The summed E-state index contributed by atoms with van der Waals surface area (Å²) in [4.78, 5) is 15.7. The highest BCUT2D eigenvalue weighted by atomic mass is 16.5. The lowest BCUT2D eigenvalue weighted by molar-refractivity contribution is -0.145. The van der Waals surface area contributed by atoms with Gasteiger partial charge >= 0.3 is 5.97 Å². The van der Waals surface area contributed by atoms with Gasteiger partial charge in [0.15, 0.2) is 0 Å². The Morgan fingerprint density at radius 2 is 1.56 bits per heavy atom. The average molecular weight is 374 g/mol. The number of aromatic nitrogens is 1. The van der Waals surface area contributed by atoms with Gasteiger partial charge in [0.2, 0.25) is 0 Å². The third-order valence-corrected chi connectivity index (χ3v) is 4.77. The first-order chi connectivity index (χ1) is 13.3. The molecule has 0 atom stereocenters. The Hall–Kier alpha value is -1.64. The predicted molar refractivity (Wildman–Crippen MR) is 113 cm³/mol. The minimum atomic E-state index is -0.100.